The van der Waals surface area contributed by atoms with Gasteiger partial charge in [-0.3, -0.25) is 0 Å². The molecule has 0 bridgehead atoms. The van der Waals surface area contributed by atoms with Crippen molar-refractivity contribution >= 4 is 158 Å². The van der Waals surface area contributed by atoms with Gasteiger partial charge in [-0.05, 0) is 280 Å². The van der Waals surface area contributed by atoms with Crippen LogP contribution in [-0.4, -0.2) is 72.7 Å². The number of allylic oxidation sites excluding steroid dienone is 20. The molecule has 0 aliphatic carbocycles. The quantitative estimate of drug-likeness (QED) is 0.0169. The van der Waals surface area contributed by atoms with E-state index in [4.69, 9.17) is 53.5 Å². The zero-order valence-corrected chi connectivity index (χ0v) is 77.8. The molecule has 116 heavy (non-hydrogen) atoms. The highest BCUT2D eigenvalue weighted by Crippen LogP contribution is 2.31. The van der Waals surface area contributed by atoms with Gasteiger partial charge >= 0.3 is 23.9 Å². The molecule has 0 saturated heterocycles. The molecule has 0 aliphatic heterocycles. The number of carboxylic acid groups (broad SMARTS) is 3. The second kappa shape index (κ2) is 82.2. The average Bonchev–Trinajstić information content (AvgIpc) is 0.873. The molecule has 0 amide bonds. The van der Waals surface area contributed by atoms with Gasteiger partial charge in [0.15, 0.2) is 0 Å². The number of hydrogen-bond acceptors (Lipinski definition) is 9. The lowest BCUT2D eigenvalue weighted by molar-refractivity contribution is 0.0594. The molecule has 0 aliphatic rings. The van der Waals surface area contributed by atoms with Crippen LogP contribution in [0, 0.1) is 5.82 Å². The fourth-order valence-electron chi connectivity index (χ4n) is 9.70. The van der Waals surface area contributed by atoms with E-state index in [0.29, 0.717) is 36.7 Å². The van der Waals surface area contributed by atoms with E-state index in [-0.39, 0.29) is 39.4 Å². The van der Waals surface area contributed by atoms with Crippen molar-refractivity contribution in [3.05, 3.63) is 257 Å². The highest BCUT2D eigenvalue weighted by Gasteiger charge is 2.15. The first kappa shape index (κ1) is 122. The maximum Gasteiger partial charge on any atom is 0.338 e. The van der Waals surface area contributed by atoms with E-state index in [9.17, 15) is 33.8 Å². The lowest BCUT2D eigenvalue weighted by Gasteiger charge is -2.06. The maximum absolute atomic E-state index is 13.2. The van der Waals surface area contributed by atoms with E-state index in [0.717, 1.165) is 136 Å². The molecule has 0 saturated carbocycles. The van der Waals surface area contributed by atoms with Gasteiger partial charge in [0, 0.05) is 61.8 Å². The van der Waals surface area contributed by atoms with Crippen LogP contribution in [0.15, 0.2) is 238 Å². The molecule has 4 aromatic carbocycles. The Bertz CT molecular complexity index is 3670. The molecule has 8 nitrogen and oxygen atoms in total. The minimum Gasteiger partial charge on any atom is -0.478 e. The van der Waals surface area contributed by atoms with Crippen LogP contribution < -0.4 is 0 Å². The van der Waals surface area contributed by atoms with E-state index >= 15 is 0 Å². The first-order chi connectivity index (χ1) is 55.3. The molecule has 24 heteroatoms. The predicted octanol–water partition coefficient (Wildman–Crippen LogP) is 34.4. The largest absolute Gasteiger partial charge is 0.478 e. The van der Waals surface area contributed by atoms with E-state index in [1.54, 1.807) is 42.1 Å². The summed E-state index contributed by atoms with van der Waals surface area (Å²) in [6, 6.07) is 21.4. The molecule has 658 valence electrons. The Balaban J connectivity index is -0.000000184. The standard InChI is InChI=1S/C23H32O2S.2C22H29ClO2S.C22H29FO2S.3CH4.2ClF.F2.3H2S/c1-18(2)10-8-11-19(3)12-9-13-20(4)16-17-26-22-15-7-6-14-21(22)23(24)25-5;1-16(2)7-5-8-17(3)9-6-10-18(4)13-14-26-21-12-11-19(23)15-20(21)22(24)25;1-16(2)7-5-8-17(3)9-6-10-18(4)13-14-26-21-15-19(23)11-12-20(21)22(24)25;1-16(2)7-5-8-17(3)9-6-10-18(4)13-14-26-21-12-11-19(23)15-20(21)22(24)25;;;;3*1-2;;;/h6-7,10,12,14-16H,8-9,11,13,17H2,1-5H3;3*7,9,11-13,15H,5-6,8,10,14H2,1-4H3,(H,24,25);3*1H4;;;;3*1H2/b19-12+,20-16+;3*17-9+,18-13+;;;;;;;;;/i/hT3. The van der Waals surface area contributed by atoms with Gasteiger partial charge in [-0.2, -0.15) is 40.2 Å². The van der Waals surface area contributed by atoms with E-state index in [1.807, 2.05) is 24.3 Å². The van der Waals surface area contributed by atoms with Crippen LogP contribution in [0.5, 0.6) is 0 Å². The van der Waals surface area contributed by atoms with Crippen molar-refractivity contribution < 1.29 is 60.7 Å². The molecular weight excluding hydrogens is 1690 g/mol. The SMILES string of the molecule is C.C.C.CC(C)=CCC/C(C)=C/CC/C(C)=C/CSc1cc(Cl)ccc1C(=O)O.CC(C)=CCC/C(C)=C/CC/C(C)=C/CSc1ccc(Cl)cc1C(=O)O.CC(C)=CCC/C(C)=C/CC/C(C)=C/CSc1ccc(F)cc1C(=O)O.COC(=O)c1ccccc1SC/C=C(\C)CC/C=C(\C)CCC=C(C)C.FCl.FCl.FF.[3H]S.[3H]S.[3H]S. The van der Waals surface area contributed by atoms with Crippen molar-refractivity contribution in [1.29, 1.82) is 3.37 Å². The molecule has 0 spiro atoms. The Morgan fingerprint density at radius 2 is 0.603 bits per heavy atom. The molecule has 4 rings (SSSR count). The Hall–Kier alpha value is -5.10. The van der Waals surface area contributed by atoms with Gasteiger partial charge in [0.25, 0.3) is 0 Å². The van der Waals surface area contributed by atoms with Gasteiger partial charge in [-0.1, -0.05) is 197 Å². The minimum absolute atomic E-state index is 0. The third-order valence-electron chi connectivity index (χ3n) is 16.0. The van der Waals surface area contributed by atoms with Crippen LogP contribution in [0.3, 0.4) is 0 Å². The molecule has 0 radical (unpaired) electrons. The number of aromatic carboxylic acids is 3. The zero-order chi connectivity index (χ0) is 89.9. The molecule has 0 atom stereocenters. The number of benzene rings is 4. The summed E-state index contributed by atoms with van der Waals surface area (Å²) < 4.78 is 68.3. The molecule has 0 heterocycles. The third-order valence-corrected chi connectivity index (χ3v) is 20.4. The number of hydrogen-bond donors (Lipinski definition) is 3. The van der Waals surface area contributed by atoms with Crippen LogP contribution >= 0.6 is 134 Å². The summed E-state index contributed by atoms with van der Waals surface area (Å²) in [6.45, 7) is 34.4. The fraction of sp³-hybridized carbons (Fsp3) is 0.435. The molecule has 0 unspecified atom stereocenters. The lowest BCUT2D eigenvalue weighted by Crippen LogP contribution is -2.02. The van der Waals surface area contributed by atoms with Crippen LogP contribution in [0.4, 0.5) is 21.5 Å². The van der Waals surface area contributed by atoms with Crippen LogP contribution in [0.2, 0.25) is 10.0 Å². The summed E-state index contributed by atoms with van der Waals surface area (Å²) >= 11 is 32.6. The Kier molecular flexibility index (Phi) is 86.3. The number of ether oxygens (including phenoxy) is 1. The monoisotopic (exact) mass is 1830 g/mol. The molecule has 0 fully saturated rings. The number of methoxy groups -OCH3 is 1. The summed E-state index contributed by atoms with van der Waals surface area (Å²) in [5, 5.41) is 28.7. The maximum atomic E-state index is 13.2. The number of carboxylic acids is 3. The van der Waals surface area contributed by atoms with E-state index in [2.05, 4.69) is 248 Å². The molecule has 0 aromatic heterocycles. The van der Waals surface area contributed by atoms with E-state index < -0.39 is 23.7 Å². The Morgan fingerprint density at radius 1 is 0.353 bits per heavy atom. The van der Waals surface area contributed by atoms with Gasteiger partial charge < -0.3 is 20.1 Å². The first-order valence-corrected chi connectivity index (χ1v) is 41.6. The van der Waals surface area contributed by atoms with Crippen molar-refractivity contribution in [3.8, 4) is 0 Å². The van der Waals surface area contributed by atoms with Gasteiger partial charge in [-0.25, -0.2) is 23.6 Å². The average molecular weight is 1840 g/mol. The second-order valence-corrected chi connectivity index (χ2v) is 32.0. The minimum atomic E-state index is -1.10. The lowest BCUT2D eigenvalue weighted by atomic mass is 10.1. The zero-order valence-electron chi connectivity index (χ0n) is 71.8. The Morgan fingerprint density at radius 3 is 0.905 bits per heavy atom. The second-order valence-electron chi connectivity index (χ2n) is 26.9. The van der Waals surface area contributed by atoms with Gasteiger partial charge in [0.2, 0.25) is 0 Å². The molecule has 4 aromatic rings. The normalized spacial score (nSPS) is 11.2. The summed E-state index contributed by atoms with van der Waals surface area (Å²) in [5.74, 6) is -0.700. The van der Waals surface area contributed by atoms with Crippen LogP contribution in [0.1, 0.15) is 277 Å². The fourth-order valence-corrected chi connectivity index (χ4v) is 14.2. The Labute approximate surface area is 758 Å². The summed E-state index contributed by atoms with van der Waals surface area (Å²) in [6.07, 6.45) is 44.4. The smallest absolute Gasteiger partial charge is 0.338 e. The van der Waals surface area contributed by atoms with Crippen LogP contribution in [-0.2, 0) is 4.74 Å². The molecular formula is C92H137Cl4F5O8S7. The van der Waals surface area contributed by atoms with Crippen molar-refractivity contribution in [3.63, 3.8) is 0 Å². The third kappa shape index (κ3) is 69.7. The predicted molar refractivity (Wildman–Crippen MR) is 520 cm³/mol. The highest BCUT2D eigenvalue weighted by molar-refractivity contribution is 8.00. The van der Waals surface area contributed by atoms with Crippen molar-refractivity contribution in [2.45, 2.75) is 255 Å². The number of thioether (sulfide) groups is 4. The van der Waals surface area contributed by atoms with Gasteiger partial charge in [0.1, 0.15) is 29.7 Å². The van der Waals surface area contributed by atoms with Gasteiger partial charge in [0.05, 0.1) is 32.7 Å². The summed E-state index contributed by atoms with van der Waals surface area (Å²) in [7, 11) is 1.42. The van der Waals surface area contributed by atoms with Crippen molar-refractivity contribution in [1.82, 2.24) is 0 Å². The number of carbonyl (C=O) groups is 4. The van der Waals surface area contributed by atoms with E-state index in [1.165, 1.54) is 127 Å². The summed E-state index contributed by atoms with van der Waals surface area (Å²) in [4.78, 5) is 48.6. The highest BCUT2D eigenvalue weighted by atomic mass is 35.5. The molecule has 3 N–H and O–H groups in total. The van der Waals surface area contributed by atoms with Gasteiger partial charge in [-0.15, -0.1) is 55.0 Å². The topological polar surface area (TPSA) is 138 Å². The number of carbonyl (C=O) groups excluding carboxylic acids is 1. The van der Waals surface area contributed by atoms with Crippen LogP contribution in [0.25, 0.3) is 0 Å². The van der Waals surface area contributed by atoms with Crippen molar-refractivity contribution in [2.75, 3.05) is 30.1 Å². The summed E-state index contributed by atoms with van der Waals surface area (Å²) in [5.41, 5.74) is 17.8. The first-order valence-electron chi connectivity index (χ1n) is 37.6. The number of rotatable bonds is 40. The number of halogens is 9. The van der Waals surface area contributed by atoms with Crippen molar-refractivity contribution in [2.24, 2.45) is 0 Å². The number of esters is 1.